The van der Waals surface area contributed by atoms with Gasteiger partial charge in [0.1, 0.15) is 11.5 Å². The Bertz CT molecular complexity index is 685. The Balaban J connectivity index is 2.59. The largest absolute Gasteiger partial charge is 0.504 e. The Morgan fingerprint density at radius 1 is 1.16 bits per heavy atom. The number of hydrogen-bond acceptors (Lipinski definition) is 2. The van der Waals surface area contributed by atoms with E-state index in [1.807, 2.05) is 0 Å². The van der Waals surface area contributed by atoms with Gasteiger partial charge in [-0.25, -0.2) is 8.78 Å². The van der Waals surface area contributed by atoms with Gasteiger partial charge in [0.2, 0.25) is 5.78 Å². The lowest BCUT2D eigenvalue weighted by molar-refractivity contribution is 0.103. The molecule has 2 N–H and O–H groups in total. The summed E-state index contributed by atoms with van der Waals surface area (Å²) in [7, 11) is 0. The molecule has 100 valence electrons. The van der Waals surface area contributed by atoms with Crippen LogP contribution in [0, 0.1) is 11.6 Å². The summed E-state index contributed by atoms with van der Waals surface area (Å²) < 4.78 is 27.8. The molecular weight excluding hydrogens is 456 g/mol. The van der Waals surface area contributed by atoms with Crippen LogP contribution >= 0.6 is 47.8 Å². The summed E-state index contributed by atoms with van der Waals surface area (Å²) in [5, 5.41) is 9.51. The summed E-state index contributed by atoms with van der Waals surface area (Å²) in [5.41, 5.74) is -0.404. The molecule has 0 saturated heterocycles. The average Bonchev–Trinajstić information content (AvgIpc) is 2.61. The monoisotopic (exact) mass is 457 g/mol. The van der Waals surface area contributed by atoms with Crippen LogP contribution in [0.25, 0.3) is 0 Å². The first kappa shape index (κ1) is 14.7. The van der Waals surface area contributed by atoms with Gasteiger partial charge < -0.3 is 10.1 Å². The lowest BCUT2D eigenvalue weighted by atomic mass is 10.1. The number of aromatic hydroxyl groups is 1. The summed E-state index contributed by atoms with van der Waals surface area (Å²) >= 11 is 9.52. The zero-order valence-corrected chi connectivity index (χ0v) is 13.7. The van der Waals surface area contributed by atoms with Crippen molar-refractivity contribution >= 4 is 53.6 Å². The third kappa shape index (κ3) is 2.61. The minimum atomic E-state index is -1.19. The minimum Gasteiger partial charge on any atom is -0.504 e. The molecule has 0 bridgehead atoms. The molecule has 0 saturated carbocycles. The third-order valence-corrected chi connectivity index (χ3v) is 5.58. The summed E-state index contributed by atoms with van der Waals surface area (Å²) in [5.74, 6) is -3.77. The number of rotatable bonds is 2. The maximum absolute atomic E-state index is 13.2. The quantitative estimate of drug-likeness (QED) is 0.649. The SMILES string of the molecule is O=C(c1cc(F)cc(F)c1O)c1[nH]c(Br)c(Br)c1Br. The molecule has 8 heteroatoms. The molecule has 2 rings (SSSR count). The standard InChI is InChI=1S/C11H4Br3F2NO2/c12-6-7(13)11(14)17-8(6)10(19)4-1-3(15)2-5(16)9(4)18/h1-2,17-18H. The highest BCUT2D eigenvalue weighted by Crippen LogP contribution is 2.36. The Morgan fingerprint density at radius 2 is 1.79 bits per heavy atom. The predicted octanol–water partition coefficient (Wildman–Crippen LogP) is 4.52. The van der Waals surface area contributed by atoms with E-state index in [1.165, 1.54) is 0 Å². The van der Waals surface area contributed by atoms with E-state index in [2.05, 4.69) is 52.8 Å². The van der Waals surface area contributed by atoms with Crippen molar-refractivity contribution in [3.63, 3.8) is 0 Å². The van der Waals surface area contributed by atoms with Gasteiger partial charge >= 0.3 is 0 Å². The first-order valence-electron chi connectivity index (χ1n) is 4.78. The van der Waals surface area contributed by atoms with E-state index < -0.39 is 28.7 Å². The van der Waals surface area contributed by atoms with Crippen LogP contribution < -0.4 is 0 Å². The molecule has 0 spiro atoms. The summed E-state index contributed by atoms with van der Waals surface area (Å²) in [6, 6.07) is 1.28. The molecule has 19 heavy (non-hydrogen) atoms. The zero-order chi connectivity index (χ0) is 14.3. The van der Waals surface area contributed by atoms with E-state index in [1.54, 1.807) is 0 Å². The molecule has 0 aliphatic rings. The van der Waals surface area contributed by atoms with Crippen molar-refractivity contribution in [3.05, 3.63) is 48.6 Å². The van der Waals surface area contributed by atoms with Gasteiger partial charge in [-0.1, -0.05) is 0 Å². The lowest BCUT2D eigenvalue weighted by Gasteiger charge is -2.04. The topological polar surface area (TPSA) is 53.1 Å². The van der Waals surface area contributed by atoms with E-state index in [-0.39, 0.29) is 5.69 Å². The number of ketones is 1. The number of aromatic amines is 1. The summed E-state index contributed by atoms with van der Waals surface area (Å²) in [6.45, 7) is 0. The number of carbonyl (C=O) groups is 1. The van der Waals surface area contributed by atoms with Gasteiger partial charge in [-0.2, -0.15) is 0 Å². The maximum Gasteiger partial charge on any atom is 0.214 e. The number of carbonyl (C=O) groups excluding carboxylic acids is 1. The number of nitrogens with one attached hydrogen (secondary N) is 1. The first-order chi connectivity index (χ1) is 8.82. The fraction of sp³-hybridized carbons (Fsp3) is 0. The molecule has 1 aromatic carbocycles. The van der Waals surface area contributed by atoms with Gasteiger partial charge in [0.25, 0.3) is 0 Å². The van der Waals surface area contributed by atoms with Crippen LogP contribution in [0.3, 0.4) is 0 Å². The minimum absolute atomic E-state index is 0.0547. The molecular formula is C11H4Br3F2NO2. The van der Waals surface area contributed by atoms with E-state index >= 15 is 0 Å². The fourth-order valence-corrected chi connectivity index (χ4v) is 2.89. The second kappa shape index (κ2) is 5.34. The molecule has 2 aromatic rings. The second-order valence-electron chi connectivity index (χ2n) is 3.55. The van der Waals surface area contributed by atoms with E-state index in [4.69, 9.17) is 0 Å². The van der Waals surface area contributed by atoms with Gasteiger partial charge in [0, 0.05) is 6.07 Å². The number of benzene rings is 1. The van der Waals surface area contributed by atoms with E-state index in [0.29, 0.717) is 19.6 Å². The molecule has 3 nitrogen and oxygen atoms in total. The van der Waals surface area contributed by atoms with Crippen LogP contribution in [0.15, 0.2) is 25.7 Å². The Hall–Kier alpha value is -0.730. The van der Waals surface area contributed by atoms with Gasteiger partial charge in [0.15, 0.2) is 11.6 Å². The molecule has 0 unspecified atom stereocenters. The highest BCUT2D eigenvalue weighted by atomic mass is 79.9. The van der Waals surface area contributed by atoms with E-state index in [0.717, 1.165) is 6.07 Å². The van der Waals surface area contributed by atoms with Gasteiger partial charge in [-0.05, 0) is 53.9 Å². The van der Waals surface area contributed by atoms with Crippen LogP contribution in [-0.4, -0.2) is 15.9 Å². The normalized spacial score (nSPS) is 10.8. The molecule has 1 heterocycles. The zero-order valence-electron chi connectivity index (χ0n) is 8.90. The van der Waals surface area contributed by atoms with Crippen molar-refractivity contribution in [2.24, 2.45) is 0 Å². The number of H-pyrrole nitrogens is 1. The number of phenols is 1. The van der Waals surface area contributed by atoms with Crippen LogP contribution in [0.5, 0.6) is 5.75 Å². The second-order valence-corrected chi connectivity index (χ2v) is 5.93. The van der Waals surface area contributed by atoms with Crippen LogP contribution in [-0.2, 0) is 0 Å². The van der Waals surface area contributed by atoms with Gasteiger partial charge in [-0.15, -0.1) is 0 Å². The van der Waals surface area contributed by atoms with Gasteiger partial charge in [0.05, 0.1) is 19.1 Å². The maximum atomic E-state index is 13.2. The number of phenolic OH excluding ortho intramolecular Hbond substituents is 1. The molecule has 0 atom stereocenters. The highest BCUT2D eigenvalue weighted by Gasteiger charge is 2.24. The van der Waals surface area contributed by atoms with Crippen LogP contribution in [0.1, 0.15) is 16.1 Å². The van der Waals surface area contributed by atoms with Crippen LogP contribution in [0.4, 0.5) is 8.78 Å². The number of hydrogen-bond donors (Lipinski definition) is 2. The van der Waals surface area contributed by atoms with Crippen LogP contribution in [0.2, 0.25) is 0 Å². The predicted molar refractivity (Wildman–Crippen MR) is 75.3 cm³/mol. The van der Waals surface area contributed by atoms with Crippen molar-refractivity contribution in [2.75, 3.05) is 0 Å². The highest BCUT2D eigenvalue weighted by molar-refractivity contribution is 9.14. The fourth-order valence-electron chi connectivity index (χ4n) is 1.46. The first-order valence-corrected chi connectivity index (χ1v) is 7.16. The smallest absolute Gasteiger partial charge is 0.214 e. The Morgan fingerprint density at radius 3 is 2.32 bits per heavy atom. The van der Waals surface area contributed by atoms with Crippen molar-refractivity contribution in [2.45, 2.75) is 0 Å². The Labute approximate surface area is 131 Å². The van der Waals surface area contributed by atoms with E-state index in [9.17, 15) is 18.7 Å². The Kier molecular flexibility index (Phi) is 4.12. The molecule has 0 radical (unpaired) electrons. The van der Waals surface area contributed by atoms with Crippen molar-refractivity contribution < 1.29 is 18.7 Å². The summed E-state index contributed by atoms with van der Waals surface area (Å²) in [6.07, 6.45) is 0. The lowest BCUT2D eigenvalue weighted by Crippen LogP contribution is -2.05. The van der Waals surface area contributed by atoms with Crippen molar-refractivity contribution in [1.82, 2.24) is 4.98 Å². The van der Waals surface area contributed by atoms with Crippen molar-refractivity contribution in [1.29, 1.82) is 0 Å². The molecule has 0 aliphatic carbocycles. The third-order valence-electron chi connectivity index (χ3n) is 2.34. The molecule has 1 aromatic heterocycles. The average molecular weight is 460 g/mol. The molecule has 0 fully saturated rings. The van der Waals surface area contributed by atoms with Crippen molar-refractivity contribution in [3.8, 4) is 5.75 Å². The number of halogens is 5. The molecule has 0 aliphatic heterocycles. The number of aromatic nitrogens is 1. The summed E-state index contributed by atoms with van der Waals surface area (Å²) in [4.78, 5) is 14.9. The van der Waals surface area contributed by atoms with Gasteiger partial charge in [-0.3, -0.25) is 4.79 Å². The molecule has 0 amide bonds.